The summed E-state index contributed by atoms with van der Waals surface area (Å²) in [6, 6.07) is 5.43. The Morgan fingerprint density at radius 1 is 1.12 bits per heavy atom. The van der Waals surface area contributed by atoms with Gasteiger partial charge in [-0.2, -0.15) is 0 Å². The summed E-state index contributed by atoms with van der Waals surface area (Å²) in [4.78, 5) is 28.5. The van der Waals surface area contributed by atoms with Gasteiger partial charge in [0.15, 0.2) is 5.13 Å². The molecular weight excluding hydrogens is 346 g/mol. The zero-order chi connectivity index (χ0) is 18.1. The molecule has 2 aromatic heterocycles. The van der Waals surface area contributed by atoms with Gasteiger partial charge in [-0.25, -0.2) is 15.0 Å². The average Bonchev–Trinajstić information content (AvgIpc) is 3.31. The van der Waals surface area contributed by atoms with Crippen LogP contribution in [0, 0.1) is 13.8 Å². The number of hydrogen-bond acceptors (Lipinski definition) is 6. The van der Waals surface area contributed by atoms with E-state index >= 15 is 0 Å². The quantitative estimate of drug-likeness (QED) is 0.766. The molecule has 3 aromatic rings. The molecule has 3 heterocycles. The lowest BCUT2D eigenvalue weighted by molar-refractivity contribution is 0.0950. The van der Waals surface area contributed by atoms with E-state index in [1.807, 2.05) is 25.3 Å². The minimum absolute atomic E-state index is 0.123. The van der Waals surface area contributed by atoms with Gasteiger partial charge in [0, 0.05) is 24.0 Å². The number of benzene rings is 1. The van der Waals surface area contributed by atoms with Crippen molar-refractivity contribution in [3.8, 4) is 0 Å². The van der Waals surface area contributed by atoms with Crippen LogP contribution in [-0.2, 0) is 6.54 Å². The number of hydrogen-bond donors (Lipinski definition) is 1. The first-order valence-electron chi connectivity index (χ1n) is 8.83. The standard InChI is InChI=1S/C19H21N5OS/c1-12-13(2)22-17-9-14(5-6-16(17)21-12)18(25)20-10-15-11-26-19(23-15)24-7-3-4-8-24/h5-6,9,11H,3-4,7-8,10H2,1-2H3,(H,20,25). The van der Waals surface area contributed by atoms with Crippen LogP contribution < -0.4 is 10.2 Å². The second kappa shape index (κ2) is 6.99. The summed E-state index contributed by atoms with van der Waals surface area (Å²) >= 11 is 1.64. The molecule has 0 unspecified atom stereocenters. The van der Waals surface area contributed by atoms with Crippen molar-refractivity contribution in [2.75, 3.05) is 18.0 Å². The number of amides is 1. The molecule has 1 N–H and O–H groups in total. The Morgan fingerprint density at radius 2 is 1.85 bits per heavy atom. The van der Waals surface area contributed by atoms with E-state index in [0.29, 0.717) is 12.1 Å². The van der Waals surface area contributed by atoms with Gasteiger partial charge in [0.1, 0.15) is 0 Å². The van der Waals surface area contributed by atoms with Crippen molar-refractivity contribution in [2.24, 2.45) is 0 Å². The zero-order valence-corrected chi connectivity index (χ0v) is 15.8. The van der Waals surface area contributed by atoms with Crippen LogP contribution in [0.2, 0.25) is 0 Å². The van der Waals surface area contributed by atoms with Gasteiger partial charge in [0.25, 0.3) is 5.91 Å². The molecule has 7 heteroatoms. The predicted octanol–water partition coefficient (Wildman–Crippen LogP) is 3.23. The van der Waals surface area contributed by atoms with E-state index in [1.54, 1.807) is 23.5 Å². The van der Waals surface area contributed by atoms with Crippen molar-refractivity contribution in [1.29, 1.82) is 0 Å². The van der Waals surface area contributed by atoms with Crippen molar-refractivity contribution < 1.29 is 4.79 Å². The van der Waals surface area contributed by atoms with Crippen LogP contribution in [0.5, 0.6) is 0 Å². The lowest BCUT2D eigenvalue weighted by atomic mass is 10.1. The van der Waals surface area contributed by atoms with Gasteiger partial charge < -0.3 is 10.2 Å². The molecule has 0 radical (unpaired) electrons. The van der Waals surface area contributed by atoms with Crippen molar-refractivity contribution in [3.63, 3.8) is 0 Å². The number of anilines is 1. The number of rotatable bonds is 4. The Morgan fingerprint density at radius 3 is 2.62 bits per heavy atom. The summed E-state index contributed by atoms with van der Waals surface area (Å²) in [5, 5.41) is 6.02. The van der Waals surface area contributed by atoms with Gasteiger partial charge in [-0.05, 0) is 44.9 Å². The smallest absolute Gasteiger partial charge is 0.251 e. The second-order valence-electron chi connectivity index (χ2n) is 6.60. The minimum atomic E-state index is -0.123. The normalized spacial score (nSPS) is 14.2. The fourth-order valence-electron chi connectivity index (χ4n) is 3.08. The van der Waals surface area contributed by atoms with Gasteiger partial charge in [-0.15, -0.1) is 11.3 Å². The van der Waals surface area contributed by atoms with Gasteiger partial charge >= 0.3 is 0 Å². The molecule has 134 valence electrons. The number of carbonyl (C=O) groups excluding carboxylic acids is 1. The topological polar surface area (TPSA) is 71.0 Å². The van der Waals surface area contributed by atoms with Gasteiger partial charge in [0.2, 0.25) is 0 Å². The van der Waals surface area contributed by atoms with Gasteiger partial charge in [-0.1, -0.05) is 0 Å². The second-order valence-corrected chi connectivity index (χ2v) is 7.43. The maximum atomic E-state index is 12.5. The summed E-state index contributed by atoms with van der Waals surface area (Å²) in [5.41, 5.74) is 4.83. The molecule has 0 spiro atoms. The predicted molar refractivity (Wildman–Crippen MR) is 104 cm³/mol. The highest BCUT2D eigenvalue weighted by molar-refractivity contribution is 7.13. The molecule has 1 saturated heterocycles. The highest BCUT2D eigenvalue weighted by atomic mass is 32.1. The van der Waals surface area contributed by atoms with Crippen molar-refractivity contribution in [1.82, 2.24) is 20.3 Å². The van der Waals surface area contributed by atoms with Crippen LogP contribution in [0.25, 0.3) is 11.0 Å². The molecule has 26 heavy (non-hydrogen) atoms. The molecule has 1 aliphatic rings. The Kier molecular flexibility index (Phi) is 4.55. The molecule has 0 atom stereocenters. The van der Waals surface area contributed by atoms with Crippen molar-refractivity contribution >= 4 is 33.4 Å². The fraction of sp³-hybridized carbons (Fsp3) is 0.368. The van der Waals surface area contributed by atoms with Crippen LogP contribution in [0.15, 0.2) is 23.6 Å². The Balaban J connectivity index is 1.44. The summed E-state index contributed by atoms with van der Waals surface area (Å²) in [5.74, 6) is -0.123. The Labute approximate surface area is 156 Å². The maximum Gasteiger partial charge on any atom is 0.251 e. The third-order valence-corrected chi connectivity index (χ3v) is 5.63. The fourth-order valence-corrected chi connectivity index (χ4v) is 3.96. The van der Waals surface area contributed by atoms with Crippen LogP contribution in [0.3, 0.4) is 0 Å². The molecule has 1 amide bonds. The molecule has 1 aliphatic heterocycles. The lowest BCUT2D eigenvalue weighted by Crippen LogP contribution is -2.23. The molecular formula is C19H21N5OS. The van der Waals surface area contributed by atoms with E-state index in [2.05, 4.69) is 25.2 Å². The van der Waals surface area contributed by atoms with Crippen molar-refractivity contribution in [2.45, 2.75) is 33.2 Å². The highest BCUT2D eigenvalue weighted by Crippen LogP contribution is 2.24. The monoisotopic (exact) mass is 367 g/mol. The first-order chi connectivity index (χ1) is 12.6. The highest BCUT2D eigenvalue weighted by Gasteiger charge is 2.16. The van der Waals surface area contributed by atoms with Gasteiger partial charge in [-0.3, -0.25) is 4.79 Å². The van der Waals surface area contributed by atoms with Crippen LogP contribution in [0.4, 0.5) is 5.13 Å². The van der Waals surface area contributed by atoms with Crippen LogP contribution in [0.1, 0.15) is 40.3 Å². The van der Waals surface area contributed by atoms with E-state index in [1.165, 1.54) is 12.8 Å². The number of nitrogens with zero attached hydrogens (tertiary/aromatic N) is 4. The van der Waals surface area contributed by atoms with Crippen molar-refractivity contribution in [3.05, 3.63) is 46.2 Å². The summed E-state index contributed by atoms with van der Waals surface area (Å²) in [6.45, 7) is 6.45. The first kappa shape index (κ1) is 16.9. The number of aromatic nitrogens is 3. The molecule has 6 nitrogen and oxygen atoms in total. The zero-order valence-electron chi connectivity index (χ0n) is 15.0. The Bertz CT molecular complexity index is 962. The maximum absolute atomic E-state index is 12.5. The molecule has 0 saturated carbocycles. The summed E-state index contributed by atoms with van der Waals surface area (Å²) in [6.07, 6.45) is 2.46. The molecule has 1 fully saturated rings. The minimum Gasteiger partial charge on any atom is -0.348 e. The Hall–Kier alpha value is -2.54. The molecule has 4 rings (SSSR count). The van der Waals surface area contributed by atoms with E-state index in [9.17, 15) is 4.79 Å². The summed E-state index contributed by atoms with van der Waals surface area (Å²) in [7, 11) is 0. The number of aryl methyl sites for hydroxylation is 2. The number of fused-ring (bicyclic) bond motifs is 1. The number of carbonyl (C=O) groups is 1. The molecule has 1 aromatic carbocycles. The summed E-state index contributed by atoms with van der Waals surface area (Å²) < 4.78 is 0. The molecule has 0 aliphatic carbocycles. The van der Waals surface area contributed by atoms with Crippen LogP contribution >= 0.6 is 11.3 Å². The largest absolute Gasteiger partial charge is 0.348 e. The number of nitrogens with one attached hydrogen (secondary N) is 1. The van der Waals surface area contributed by atoms with Gasteiger partial charge in [0.05, 0.1) is 34.7 Å². The van der Waals surface area contributed by atoms with E-state index < -0.39 is 0 Å². The van der Waals surface area contributed by atoms with E-state index in [4.69, 9.17) is 0 Å². The molecule has 0 bridgehead atoms. The lowest BCUT2D eigenvalue weighted by Gasteiger charge is -2.12. The van der Waals surface area contributed by atoms with E-state index in [0.717, 1.165) is 46.3 Å². The van der Waals surface area contributed by atoms with E-state index in [-0.39, 0.29) is 5.91 Å². The SMILES string of the molecule is Cc1nc2ccc(C(=O)NCc3csc(N4CCCC4)n3)cc2nc1C. The average molecular weight is 367 g/mol. The third kappa shape index (κ3) is 3.39. The number of thiazole rings is 1. The third-order valence-electron chi connectivity index (χ3n) is 4.68. The first-order valence-corrected chi connectivity index (χ1v) is 9.71. The van der Waals surface area contributed by atoms with Crippen LogP contribution in [-0.4, -0.2) is 33.9 Å².